The maximum atomic E-state index is 11.1. The Hall–Kier alpha value is -0.910. The van der Waals surface area contributed by atoms with Gasteiger partial charge in [0, 0.05) is 0 Å². The molecule has 4 atom stereocenters. The first-order chi connectivity index (χ1) is 6.15. The number of rotatable bonds is 1. The molecule has 0 amide bonds. The number of methoxy groups -OCH3 is 1. The second-order valence-electron chi connectivity index (χ2n) is 3.11. The molecule has 0 unspecified atom stereocenters. The summed E-state index contributed by atoms with van der Waals surface area (Å²) in [6.07, 6.45) is -1.33. The van der Waals surface area contributed by atoms with Crippen molar-refractivity contribution >= 4 is 5.97 Å². The van der Waals surface area contributed by atoms with Gasteiger partial charge >= 0.3 is 5.97 Å². The van der Waals surface area contributed by atoms with Gasteiger partial charge in [0.05, 0.1) is 12.7 Å². The highest BCUT2D eigenvalue weighted by Crippen LogP contribution is 2.35. The van der Waals surface area contributed by atoms with E-state index in [0.29, 0.717) is 0 Å². The molecule has 0 saturated carbocycles. The summed E-state index contributed by atoms with van der Waals surface area (Å²) >= 11 is 0. The molecule has 0 spiro atoms. The van der Waals surface area contributed by atoms with Crippen molar-refractivity contribution in [2.45, 2.75) is 24.4 Å². The van der Waals surface area contributed by atoms with E-state index in [1.807, 2.05) is 0 Å². The highest BCUT2D eigenvalue weighted by atomic mass is 16.6. The van der Waals surface area contributed by atoms with E-state index in [1.165, 1.54) is 13.2 Å². The maximum absolute atomic E-state index is 11.1. The van der Waals surface area contributed by atoms with Crippen molar-refractivity contribution in [3.05, 3.63) is 11.6 Å². The third-order valence-corrected chi connectivity index (χ3v) is 2.31. The molecule has 13 heavy (non-hydrogen) atoms. The maximum Gasteiger partial charge on any atom is 0.336 e. The van der Waals surface area contributed by atoms with E-state index in [0.717, 1.165) is 0 Å². The molecule has 0 radical (unpaired) electrons. The van der Waals surface area contributed by atoms with Crippen molar-refractivity contribution in [3.63, 3.8) is 0 Å². The highest BCUT2D eigenvalue weighted by Gasteiger charge is 2.51. The number of hydrogen-bond donors (Lipinski definition) is 2. The normalized spacial score (nSPS) is 41.9. The van der Waals surface area contributed by atoms with Crippen LogP contribution in [0, 0.1) is 0 Å². The number of carbonyl (C=O) groups is 1. The smallest absolute Gasteiger partial charge is 0.336 e. The lowest BCUT2D eigenvalue weighted by Gasteiger charge is -2.20. The van der Waals surface area contributed by atoms with Crippen molar-refractivity contribution < 1.29 is 24.5 Å². The Morgan fingerprint density at radius 2 is 2.31 bits per heavy atom. The first kappa shape index (κ1) is 8.68. The molecule has 1 fully saturated rings. The van der Waals surface area contributed by atoms with Gasteiger partial charge in [-0.05, 0) is 6.08 Å². The van der Waals surface area contributed by atoms with Gasteiger partial charge in [-0.3, -0.25) is 0 Å². The number of carbonyl (C=O) groups excluding carboxylic acids is 1. The molecule has 2 N–H and O–H groups in total. The largest absolute Gasteiger partial charge is 0.466 e. The summed E-state index contributed by atoms with van der Waals surface area (Å²) in [7, 11) is 1.22. The van der Waals surface area contributed by atoms with Crippen molar-refractivity contribution in [2.75, 3.05) is 7.11 Å². The van der Waals surface area contributed by atoms with Crippen LogP contribution in [0.25, 0.3) is 0 Å². The fraction of sp³-hybridized carbons (Fsp3) is 0.625. The average molecular weight is 186 g/mol. The van der Waals surface area contributed by atoms with E-state index in [-0.39, 0.29) is 17.8 Å². The molecule has 2 rings (SSSR count). The van der Waals surface area contributed by atoms with Crippen LogP contribution in [0.5, 0.6) is 0 Å². The Morgan fingerprint density at radius 3 is 2.92 bits per heavy atom. The van der Waals surface area contributed by atoms with E-state index in [9.17, 15) is 15.0 Å². The lowest BCUT2D eigenvalue weighted by Crippen LogP contribution is -2.39. The summed E-state index contributed by atoms with van der Waals surface area (Å²) in [6.45, 7) is 0. The van der Waals surface area contributed by atoms with E-state index in [1.54, 1.807) is 0 Å². The van der Waals surface area contributed by atoms with Crippen LogP contribution in [0.2, 0.25) is 0 Å². The van der Waals surface area contributed by atoms with Crippen LogP contribution >= 0.6 is 0 Å². The van der Waals surface area contributed by atoms with E-state index in [2.05, 4.69) is 4.74 Å². The fourth-order valence-electron chi connectivity index (χ4n) is 1.49. The summed E-state index contributed by atoms with van der Waals surface area (Å²) in [5.41, 5.74) is 0.0775. The predicted octanol–water partition coefficient (Wildman–Crippen LogP) is -1.41. The molecular formula is C8H10O5. The lowest BCUT2D eigenvalue weighted by molar-refractivity contribution is -0.138. The summed E-state index contributed by atoms with van der Waals surface area (Å²) in [6, 6.07) is 0. The Bertz CT molecular complexity index is 272. The first-order valence-corrected chi connectivity index (χ1v) is 3.96. The minimum absolute atomic E-state index is 0.0775. The van der Waals surface area contributed by atoms with Gasteiger partial charge in [-0.1, -0.05) is 0 Å². The Kier molecular flexibility index (Phi) is 1.87. The van der Waals surface area contributed by atoms with Crippen LogP contribution in [-0.2, 0) is 14.3 Å². The van der Waals surface area contributed by atoms with Gasteiger partial charge < -0.3 is 19.7 Å². The van der Waals surface area contributed by atoms with Crippen molar-refractivity contribution in [1.82, 2.24) is 0 Å². The number of ether oxygens (including phenoxy) is 2. The van der Waals surface area contributed by atoms with Gasteiger partial charge in [0.1, 0.15) is 24.4 Å². The minimum Gasteiger partial charge on any atom is -0.466 e. The molecule has 5 heteroatoms. The van der Waals surface area contributed by atoms with Crippen molar-refractivity contribution in [1.29, 1.82) is 0 Å². The Morgan fingerprint density at radius 1 is 1.62 bits per heavy atom. The third-order valence-electron chi connectivity index (χ3n) is 2.31. The molecule has 1 aliphatic carbocycles. The molecule has 1 aliphatic heterocycles. The number of esters is 1. The molecule has 1 heterocycles. The lowest BCUT2D eigenvalue weighted by atomic mass is 9.94. The molecule has 0 aromatic carbocycles. The summed E-state index contributed by atoms with van der Waals surface area (Å²) in [5.74, 6) is -0.625. The number of aliphatic hydroxyl groups excluding tert-OH is 2. The van der Waals surface area contributed by atoms with E-state index < -0.39 is 18.2 Å². The standard InChI is InChI=1S/C8H10O5/c1-12-8(11)3-2-4-7(13-4)6(10)5(3)9/h2,4-7,9-10H,1H3/t4-,5-,6+,7-/m0/s1. The summed E-state index contributed by atoms with van der Waals surface area (Å²) in [5, 5.41) is 18.8. The van der Waals surface area contributed by atoms with Gasteiger partial charge in [-0.2, -0.15) is 0 Å². The molecule has 2 aliphatic rings. The van der Waals surface area contributed by atoms with Crippen LogP contribution in [0.4, 0.5) is 0 Å². The van der Waals surface area contributed by atoms with Crippen LogP contribution in [0.3, 0.4) is 0 Å². The Labute approximate surface area is 74.6 Å². The third kappa shape index (κ3) is 1.25. The van der Waals surface area contributed by atoms with Crippen LogP contribution in [0.1, 0.15) is 0 Å². The second-order valence-corrected chi connectivity index (χ2v) is 3.11. The SMILES string of the molecule is COC(=O)C1=C[C@@H]2O[C@@H]2[C@H](O)[C@H]1O. The molecule has 0 aromatic heterocycles. The molecule has 0 aromatic rings. The second kappa shape index (κ2) is 2.80. The van der Waals surface area contributed by atoms with Gasteiger partial charge in [0.25, 0.3) is 0 Å². The molecule has 72 valence electrons. The van der Waals surface area contributed by atoms with Gasteiger partial charge in [-0.15, -0.1) is 0 Å². The molecule has 0 bridgehead atoms. The zero-order valence-electron chi connectivity index (χ0n) is 7.01. The quantitative estimate of drug-likeness (QED) is 0.388. The topological polar surface area (TPSA) is 79.3 Å². The van der Waals surface area contributed by atoms with Crippen LogP contribution < -0.4 is 0 Å². The van der Waals surface area contributed by atoms with Gasteiger partial charge in [0.2, 0.25) is 0 Å². The minimum atomic E-state index is -1.20. The fourth-order valence-corrected chi connectivity index (χ4v) is 1.49. The molecular weight excluding hydrogens is 176 g/mol. The average Bonchev–Trinajstić information content (AvgIpc) is 2.89. The first-order valence-electron chi connectivity index (χ1n) is 3.96. The highest BCUT2D eigenvalue weighted by molar-refractivity contribution is 5.90. The summed E-state index contributed by atoms with van der Waals surface area (Å²) < 4.78 is 9.43. The van der Waals surface area contributed by atoms with Crippen LogP contribution in [0.15, 0.2) is 11.6 Å². The number of epoxide rings is 1. The van der Waals surface area contributed by atoms with E-state index >= 15 is 0 Å². The van der Waals surface area contributed by atoms with E-state index in [4.69, 9.17) is 4.74 Å². The Balaban J connectivity index is 2.22. The zero-order valence-corrected chi connectivity index (χ0v) is 7.01. The monoisotopic (exact) mass is 186 g/mol. The van der Waals surface area contributed by atoms with Crippen molar-refractivity contribution in [2.24, 2.45) is 0 Å². The molecule has 1 saturated heterocycles. The predicted molar refractivity (Wildman–Crippen MR) is 40.8 cm³/mol. The molecule has 5 nitrogen and oxygen atoms in total. The number of hydrogen-bond acceptors (Lipinski definition) is 5. The van der Waals surface area contributed by atoms with Gasteiger partial charge in [0.15, 0.2) is 0 Å². The zero-order chi connectivity index (χ0) is 9.59. The summed E-state index contributed by atoms with van der Waals surface area (Å²) in [4.78, 5) is 11.1. The van der Waals surface area contributed by atoms with Crippen molar-refractivity contribution in [3.8, 4) is 0 Å². The number of aliphatic hydroxyl groups is 2. The number of fused-ring (bicyclic) bond motifs is 1. The van der Waals surface area contributed by atoms with Gasteiger partial charge in [-0.25, -0.2) is 4.79 Å². The van der Waals surface area contributed by atoms with Crippen LogP contribution in [-0.4, -0.2) is 47.7 Å².